The van der Waals surface area contributed by atoms with Crippen LogP contribution < -0.4 is 14.8 Å². The topological polar surface area (TPSA) is 67.9 Å². The Morgan fingerprint density at radius 1 is 1.06 bits per heavy atom. The van der Waals surface area contributed by atoms with E-state index in [0.717, 1.165) is 23.1 Å². The van der Waals surface area contributed by atoms with Crippen molar-refractivity contribution >= 4 is 11.8 Å². The van der Waals surface area contributed by atoms with Crippen molar-refractivity contribution in [2.45, 2.75) is 52.6 Å². The fraction of sp³-hybridized carbons (Fsp3) is 0.440. The number of carbonyl (C=O) groups excluding carboxylic acids is 2. The predicted molar refractivity (Wildman–Crippen MR) is 122 cm³/mol. The summed E-state index contributed by atoms with van der Waals surface area (Å²) >= 11 is 0. The molecule has 2 amide bonds. The van der Waals surface area contributed by atoms with Crippen molar-refractivity contribution in [1.82, 2.24) is 10.2 Å². The summed E-state index contributed by atoms with van der Waals surface area (Å²) in [5.41, 5.74) is 3.11. The molecule has 2 rings (SSSR count). The maximum atomic E-state index is 13.2. The highest BCUT2D eigenvalue weighted by Gasteiger charge is 2.26. The number of rotatable bonds is 11. The van der Waals surface area contributed by atoms with Crippen LogP contribution in [0.5, 0.6) is 11.5 Å². The third kappa shape index (κ3) is 6.74. The third-order valence-corrected chi connectivity index (χ3v) is 5.39. The van der Waals surface area contributed by atoms with E-state index in [-0.39, 0.29) is 11.8 Å². The highest BCUT2D eigenvalue weighted by Crippen LogP contribution is 2.28. The van der Waals surface area contributed by atoms with Crippen LogP contribution in [0.25, 0.3) is 0 Å². The summed E-state index contributed by atoms with van der Waals surface area (Å²) < 4.78 is 10.6. The zero-order valence-electron chi connectivity index (χ0n) is 19.2. The Morgan fingerprint density at radius 3 is 2.42 bits per heavy atom. The molecule has 0 spiro atoms. The first-order valence-corrected chi connectivity index (χ1v) is 10.7. The number of carbonyl (C=O) groups is 2. The number of nitrogens with one attached hydrogen (secondary N) is 1. The molecular weight excluding hydrogens is 392 g/mol. The summed E-state index contributed by atoms with van der Waals surface area (Å²) in [6, 6.07) is 13.0. The third-order valence-electron chi connectivity index (χ3n) is 5.39. The molecule has 1 atom stereocenters. The fourth-order valence-electron chi connectivity index (χ4n) is 3.38. The average molecular weight is 427 g/mol. The number of methoxy groups -OCH3 is 2. The quantitative estimate of drug-likeness (QED) is 0.592. The number of nitrogens with zero attached hydrogens (tertiary/aromatic N) is 1. The number of ether oxygens (including phenoxy) is 2. The first-order valence-electron chi connectivity index (χ1n) is 10.7. The highest BCUT2D eigenvalue weighted by atomic mass is 16.5. The van der Waals surface area contributed by atoms with Crippen molar-refractivity contribution < 1.29 is 19.1 Å². The Bertz CT molecular complexity index is 882. The van der Waals surface area contributed by atoms with Gasteiger partial charge in [-0.25, -0.2) is 0 Å². The summed E-state index contributed by atoms with van der Waals surface area (Å²) in [6.07, 6.45) is 1.70. The van der Waals surface area contributed by atoms with Crippen LogP contribution in [0.1, 0.15) is 43.4 Å². The highest BCUT2D eigenvalue weighted by molar-refractivity contribution is 5.87. The van der Waals surface area contributed by atoms with Gasteiger partial charge < -0.3 is 19.7 Å². The van der Waals surface area contributed by atoms with Crippen molar-refractivity contribution in [3.05, 3.63) is 59.2 Å². The Kier molecular flexibility index (Phi) is 9.38. The van der Waals surface area contributed by atoms with Crippen LogP contribution in [-0.2, 0) is 22.6 Å². The fourth-order valence-corrected chi connectivity index (χ4v) is 3.38. The summed E-state index contributed by atoms with van der Waals surface area (Å²) in [6.45, 7) is 6.81. The van der Waals surface area contributed by atoms with Gasteiger partial charge in [0.2, 0.25) is 11.8 Å². The molecule has 0 saturated heterocycles. The molecule has 0 aliphatic rings. The van der Waals surface area contributed by atoms with Gasteiger partial charge >= 0.3 is 0 Å². The van der Waals surface area contributed by atoms with Crippen LogP contribution in [0, 0.1) is 6.92 Å². The summed E-state index contributed by atoms with van der Waals surface area (Å²) in [7, 11) is 3.18. The van der Waals surface area contributed by atoms with E-state index < -0.39 is 6.04 Å². The lowest BCUT2D eigenvalue weighted by Gasteiger charge is -2.29. The second-order valence-electron chi connectivity index (χ2n) is 7.60. The summed E-state index contributed by atoms with van der Waals surface area (Å²) in [4.78, 5) is 27.5. The van der Waals surface area contributed by atoms with Gasteiger partial charge in [-0.15, -0.1) is 0 Å². The molecule has 1 N–H and O–H groups in total. The van der Waals surface area contributed by atoms with Gasteiger partial charge in [0, 0.05) is 19.5 Å². The molecule has 0 aromatic heterocycles. The van der Waals surface area contributed by atoms with Gasteiger partial charge in [-0.3, -0.25) is 9.59 Å². The average Bonchev–Trinajstić information content (AvgIpc) is 2.79. The van der Waals surface area contributed by atoms with E-state index >= 15 is 0 Å². The summed E-state index contributed by atoms with van der Waals surface area (Å²) in [5, 5.41) is 2.91. The Morgan fingerprint density at radius 2 is 1.77 bits per heavy atom. The SMILES string of the molecule is CCCNC(=O)C(C)N(Cc1ccccc1C)C(=O)CCc1ccc(OC)c(OC)c1. The van der Waals surface area contributed by atoms with Crippen molar-refractivity contribution in [1.29, 1.82) is 0 Å². The minimum Gasteiger partial charge on any atom is -0.493 e. The van der Waals surface area contributed by atoms with Crippen LogP contribution in [0.2, 0.25) is 0 Å². The molecule has 2 aromatic carbocycles. The standard InChI is InChI=1S/C25H34N2O4/c1-6-15-26-25(29)19(3)27(17-21-10-8-7-9-18(21)2)24(28)14-12-20-11-13-22(30-4)23(16-20)31-5/h7-11,13,16,19H,6,12,14-15,17H2,1-5H3,(H,26,29). The van der Waals surface area contributed by atoms with Gasteiger partial charge in [-0.2, -0.15) is 0 Å². The maximum absolute atomic E-state index is 13.2. The van der Waals surface area contributed by atoms with E-state index in [2.05, 4.69) is 5.32 Å². The van der Waals surface area contributed by atoms with Gasteiger partial charge in [0.05, 0.1) is 14.2 Å². The lowest BCUT2D eigenvalue weighted by Crippen LogP contribution is -2.47. The number of benzene rings is 2. The number of hydrogen-bond acceptors (Lipinski definition) is 4. The van der Waals surface area contributed by atoms with E-state index in [1.165, 1.54) is 0 Å². The van der Waals surface area contributed by atoms with Gasteiger partial charge in [0.15, 0.2) is 11.5 Å². The van der Waals surface area contributed by atoms with Crippen molar-refractivity contribution in [3.63, 3.8) is 0 Å². The molecule has 0 bridgehead atoms. The molecule has 168 valence electrons. The molecular formula is C25H34N2O4. The molecule has 6 nitrogen and oxygen atoms in total. The zero-order chi connectivity index (χ0) is 22.8. The number of hydrogen-bond donors (Lipinski definition) is 1. The lowest BCUT2D eigenvalue weighted by atomic mass is 10.1. The minimum atomic E-state index is -0.552. The van der Waals surface area contributed by atoms with Gasteiger partial charge in [0.25, 0.3) is 0 Å². The normalized spacial score (nSPS) is 11.5. The largest absolute Gasteiger partial charge is 0.493 e. The first kappa shape index (κ1) is 24.3. The van der Waals surface area contributed by atoms with Crippen LogP contribution in [0.15, 0.2) is 42.5 Å². The molecule has 0 saturated carbocycles. The molecule has 0 heterocycles. The van der Waals surface area contributed by atoms with Crippen molar-refractivity contribution in [3.8, 4) is 11.5 Å². The van der Waals surface area contributed by atoms with Crippen molar-refractivity contribution in [2.24, 2.45) is 0 Å². The van der Waals surface area contributed by atoms with Gasteiger partial charge in [-0.1, -0.05) is 37.3 Å². The van der Waals surface area contributed by atoms with Crippen molar-refractivity contribution in [2.75, 3.05) is 20.8 Å². The van der Waals surface area contributed by atoms with Gasteiger partial charge in [-0.05, 0) is 55.5 Å². The minimum absolute atomic E-state index is 0.0582. The second-order valence-corrected chi connectivity index (χ2v) is 7.60. The molecule has 0 fully saturated rings. The first-order chi connectivity index (χ1) is 14.9. The van der Waals surface area contributed by atoms with Crippen LogP contribution >= 0.6 is 0 Å². The monoisotopic (exact) mass is 426 g/mol. The van der Waals surface area contributed by atoms with E-state index in [4.69, 9.17) is 9.47 Å². The lowest BCUT2D eigenvalue weighted by molar-refractivity contribution is -0.140. The van der Waals surface area contributed by atoms with E-state index in [9.17, 15) is 9.59 Å². The molecule has 31 heavy (non-hydrogen) atoms. The molecule has 6 heteroatoms. The van der Waals surface area contributed by atoms with Crippen LogP contribution in [0.4, 0.5) is 0 Å². The Labute approximate surface area is 185 Å². The van der Waals surface area contributed by atoms with Gasteiger partial charge in [0.1, 0.15) is 6.04 Å². The number of aryl methyl sites for hydroxylation is 2. The zero-order valence-corrected chi connectivity index (χ0v) is 19.2. The van der Waals surface area contributed by atoms with Crippen LogP contribution in [-0.4, -0.2) is 43.5 Å². The van der Waals surface area contributed by atoms with E-state index in [1.54, 1.807) is 26.0 Å². The smallest absolute Gasteiger partial charge is 0.242 e. The maximum Gasteiger partial charge on any atom is 0.242 e. The molecule has 2 aromatic rings. The summed E-state index contributed by atoms with van der Waals surface area (Å²) in [5.74, 6) is 1.10. The Hall–Kier alpha value is -3.02. The molecule has 0 aliphatic carbocycles. The van der Waals surface area contributed by atoms with E-state index in [1.807, 2.05) is 56.3 Å². The molecule has 0 radical (unpaired) electrons. The van der Waals surface area contributed by atoms with E-state index in [0.29, 0.717) is 37.4 Å². The molecule has 1 unspecified atom stereocenters. The predicted octanol–water partition coefficient (Wildman–Crippen LogP) is 3.89. The Balaban J connectivity index is 2.17. The van der Waals surface area contributed by atoms with Crippen LogP contribution in [0.3, 0.4) is 0 Å². The number of amides is 2. The second kappa shape index (κ2) is 12.0. The molecule has 0 aliphatic heterocycles.